The molecule has 0 aromatic heterocycles. The Balaban J connectivity index is 2.59. The second-order valence-corrected chi connectivity index (χ2v) is 3.94. The Labute approximate surface area is 87.3 Å². The molecule has 0 heterocycles. The topological polar surface area (TPSA) is 26.0 Å². The predicted molar refractivity (Wildman–Crippen MR) is 62.5 cm³/mol. The molecule has 2 N–H and O–H groups in total. The van der Waals surface area contributed by atoms with Gasteiger partial charge in [-0.3, -0.25) is 0 Å². The number of benzene rings is 1. The van der Waals surface area contributed by atoms with E-state index in [4.69, 9.17) is 5.73 Å². The first-order chi connectivity index (χ1) is 6.77. The molecule has 0 spiro atoms. The summed E-state index contributed by atoms with van der Waals surface area (Å²) in [6.45, 7) is 5.29. The summed E-state index contributed by atoms with van der Waals surface area (Å²) in [6.07, 6.45) is 3.40. The minimum absolute atomic E-state index is 0.679. The normalized spacial score (nSPS) is 12.8. The lowest BCUT2D eigenvalue weighted by atomic mass is 9.97. The average Bonchev–Trinajstić information content (AvgIpc) is 2.26. The molecular weight excluding hydrogens is 170 g/mol. The molecule has 14 heavy (non-hydrogen) atoms. The molecule has 1 unspecified atom stereocenters. The van der Waals surface area contributed by atoms with Gasteiger partial charge in [0.05, 0.1) is 0 Å². The van der Waals surface area contributed by atoms with Crippen LogP contribution in [0.4, 0.5) is 0 Å². The van der Waals surface area contributed by atoms with Crippen molar-refractivity contribution >= 4 is 0 Å². The number of hydrogen-bond donors (Lipinski definition) is 1. The maximum atomic E-state index is 5.48. The van der Waals surface area contributed by atoms with Crippen LogP contribution in [0.2, 0.25) is 0 Å². The highest BCUT2D eigenvalue weighted by atomic mass is 14.5. The largest absolute Gasteiger partial charge is 0.330 e. The molecule has 0 bridgehead atoms. The highest BCUT2D eigenvalue weighted by Gasteiger charge is 2.01. The molecular formula is C13H21N. The van der Waals surface area contributed by atoms with Crippen molar-refractivity contribution in [3.63, 3.8) is 0 Å². The molecule has 0 aliphatic carbocycles. The first-order valence-electron chi connectivity index (χ1n) is 5.56. The van der Waals surface area contributed by atoms with Crippen molar-refractivity contribution < 1.29 is 0 Å². The minimum Gasteiger partial charge on any atom is -0.330 e. The van der Waals surface area contributed by atoms with Gasteiger partial charge in [-0.1, -0.05) is 38.1 Å². The van der Waals surface area contributed by atoms with Crippen LogP contribution in [0.15, 0.2) is 24.3 Å². The smallest absolute Gasteiger partial charge is 0.00741 e. The van der Waals surface area contributed by atoms with E-state index in [0.717, 1.165) is 19.4 Å². The second kappa shape index (κ2) is 5.82. The molecule has 0 saturated carbocycles. The standard InChI is InChI=1S/C13H21N/c1-3-11(2)13-8-6-12(7-9-13)5-4-10-14/h6-9,11H,3-5,10,14H2,1-2H3. The Bertz CT molecular complexity index is 250. The SMILES string of the molecule is CCC(C)c1ccc(CCCN)cc1. The van der Waals surface area contributed by atoms with Crippen LogP contribution < -0.4 is 5.73 Å². The molecule has 0 fully saturated rings. The Morgan fingerprint density at radius 2 is 1.86 bits per heavy atom. The lowest BCUT2D eigenvalue weighted by Gasteiger charge is -2.09. The van der Waals surface area contributed by atoms with Crippen LogP contribution >= 0.6 is 0 Å². The Morgan fingerprint density at radius 1 is 1.21 bits per heavy atom. The van der Waals surface area contributed by atoms with Crippen molar-refractivity contribution in [2.75, 3.05) is 6.54 Å². The summed E-state index contributed by atoms with van der Waals surface area (Å²) in [6, 6.07) is 8.97. The highest BCUT2D eigenvalue weighted by molar-refractivity contribution is 5.25. The van der Waals surface area contributed by atoms with Crippen molar-refractivity contribution in [3.8, 4) is 0 Å². The van der Waals surface area contributed by atoms with Crippen molar-refractivity contribution in [2.24, 2.45) is 5.73 Å². The van der Waals surface area contributed by atoms with Gasteiger partial charge < -0.3 is 5.73 Å². The van der Waals surface area contributed by atoms with Gasteiger partial charge >= 0.3 is 0 Å². The van der Waals surface area contributed by atoms with Crippen LogP contribution in [0.3, 0.4) is 0 Å². The van der Waals surface area contributed by atoms with Gasteiger partial charge in [0.1, 0.15) is 0 Å². The zero-order chi connectivity index (χ0) is 10.4. The Morgan fingerprint density at radius 3 is 2.36 bits per heavy atom. The third-order valence-corrected chi connectivity index (χ3v) is 2.83. The van der Waals surface area contributed by atoms with Crippen LogP contribution in [-0.4, -0.2) is 6.54 Å². The van der Waals surface area contributed by atoms with Gasteiger partial charge in [0.2, 0.25) is 0 Å². The molecule has 1 atom stereocenters. The molecule has 0 radical (unpaired) electrons. The molecule has 0 aliphatic rings. The summed E-state index contributed by atoms with van der Waals surface area (Å²) in [5.74, 6) is 0.679. The fraction of sp³-hybridized carbons (Fsp3) is 0.538. The maximum Gasteiger partial charge on any atom is -0.00741 e. The molecule has 0 saturated heterocycles. The number of aryl methyl sites for hydroxylation is 1. The van der Waals surface area contributed by atoms with Crippen molar-refractivity contribution in [1.82, 2.24) is 0 Å². The Hall–Kier alpha value is -0.820. The van der Waals surface area contributed by atoms with Gasteiger partial charge in [0.15, 0.2) is 0 Å². The number of nitrogens with two attached hydrogens (primary N) is 1. The molecule has 1 rings (SSSR count). The molecule has 1 heteroatoms. The van der Waals surface area contributed by atoms with Gasteiger partial charge in [-0.05, 0) is 42.9 Å². The quantitative estimate of drug-likeness (QED) is 0.760. The molecule has 0 amide bonds. The summed E-state index contributed by atoms with van der Waals surface area (Å²) in [4.78, 5) is 0. The van der Waals surface area contributed by atoms with Crippen LogP contribution in [0.5, 0.6) is 0 Å². The van der Waals surface area contributed by atoms with Crippen LogP contribution in [0, 0.1) is 0 Å². The van der Waals surface area contributed by atoms with Crippen LogP contribution in [0.1, 0.15) is 43.7 Å². The van der Waals surface area contributed by atoms with Gasteiger partial charge in [0.25, 0.3) is 0 Å². The summed E-state index contributed by atoms with van der Waals surface area (Å²) < 4.78 is 0. The van der Waals surface area contributed by atoms with E-state index in [1.54, 1.807) is 0 Å². The van der Waals surface area contributed by atoms with Gasteiger partial charge in [-0.2, -0.15) is 0 Å². The van der Waals surface area contributed by atoms with Crippen LogP contribution in [0.25, 0.3) is 0 Å². The third-order valence-electron chi connectivity index (χ3n) is 2.83. The second-order valence-electron chi connectivity index (χ2n) is 3.94. The zero-order valence-electron chi connectivity index (χ0n) is 9.29. The third kappa shape index (κ3) is 3.15. The van der Waals surface area contributed by atoms with E-state index in [1.165, 1.54) is 17.5 Å². The molecule has 0 aliphatic heterocycles. The summed E-state index contributed by atoms with van der Waals surface area (Å²) in [5, 5.41) is 0. The van der Waals surface area contributed by atoms with E-state index in [-0.39, 0.29) is 0 Å². The Kier molecular flexibility index (Phi) is 4.68. The maximum absolute atomic E-state index is 5.48. The summed E-state index contributed by atoms with van der Waals surface area (Å²) in [7, 11) is 0. The van der Waals surface area contributed by atoms with Gasteiger partial charge in [0, 0.05) is 0 Å². The number of rotatable bonds is 5. The van der Waals surface area contributed by atoms with Crippen molar-refractivity contribution in [3.05, 3.63) is 35.4 Å². The fourth-order valence-corrected chi connectivity index (χ4v) is 1.55. The average molecular weight is 191 g/mol. The first-order valence-corrected chi connectivity index (χ1v) is 5.56. The van der Waals surface area contributed by atoms with E-state index in [9.17, 15) is 0 Å². The molecule has 1 aromatic carbocycles. The van der Waals surface area contributed by atoms with Crippen molar-refractivity contribution in [2.45, 2.75) is 39.0 Å². The van der Waals surface area contributed by atoms with Crippen LogP contribution in [-0.2, 0) is 6.42 Å². The minimum atomic E-state index is 0.679. The van der Waals surface area contributed by atoms with E-state index >= 15 is 0 Å². The highest BCUT2D eigenvalue weighted by Crippen LogP contribution is 2.19. The van der Waals surface area contributed by atoms with E-state index in [2.05, 4.69) is 38.1 Å². The molecule has 1 nitrogen and oxygen atoms in total. The van der Waals surface area contributed by atoms with E-state index in [1.807, 2.05) is 0 Å². The monoisotopic (exact) mass is 191 g/mol. The van der Waals surface area contributed by atoms with E-state index in [0.29, 0.717) is 5.92 Å². The molecule has 1 aromatic rings. The lowest BCUT2D eigenvalue weighted by Crippen LogP contribution is -2.00. The predicted octanol–water partition coefficient (Wildman–Crippen LogP) is 3.09. The number of hydrogen-bond acceptors (Lipinski definition) is 1. The van der Waals surface area contributed by atoms with Gasteiger partial charge in [-0.15, -0.1) is 0 Å². The molecule has 78 valence electrons. The fourth-order valence-electron chi connectivity index (χ4n) is 1.55. The lowest BCUT2D eigenvalue weighted by molar-refractivity contribution is 0.732. The van der Waals surface area contributed by atoms with E-state index < -0.39 is 0 Å². The summed E-state index contributed by atoms with van der Waals surface area (Å²) in [5.41, 5.74) is 8.33. The zero-order valence-corrected chi connectivity index (χ0v) is 9.29. The first kappa shape index (κ1) is 11.3. The van der Waals surface area contributed by atoms with Gasteiger partial charge in [-0.25, -0.2) is 0 Å². The summed E-state index contributed by atoms with van der Waals surface area (Å²) >= 11 is 0. The van der Waals surface area contributed by atoms with Crippen molar-refractivity contribution in [1.29, 1.82) is 0 Å².